The third kappa shape index (κ3) is 3.73. The van der Waals surface area contributed by atoms with E-state index in [1.54, 1.807) is 0 Å². The summed E-state index contributed by atoms with van der Waals surface area (Å²) in [6.07, 6.45) is 2.71. The number of halogens is 1. The van der Waals surface area contributed by atoms with Gasteiger partial charge in [-0.25, -0.2) is 13.9 Å². The predicted octanol–water partition coefficient (Wildman–Crippen LogP) is 1.22. The van der Waals surface area contributed by atoms with E-state index in [1.807, 2.05) is 0 Å². The topological polar surface area (TPSA) is 102 Å². The van der Waals surface area contributed by atoms with Crippen LogP contribution in [0.1, 0.15) is 12.8 Å². The third-order valence-electron chi connectivity index (χ3n) is 4.05. The fraction of sp³-hybridized carbons (Fsp3) is 0.400. The first-order chi connectivity index (χ1) is 12.1. The Labute approximate surface area is 142 Å². The highest BCUT2D eigenvalue weighted by atomic mass is 19.1. The maximum absolute atomic E-state index is 14.0. The molecule has 9 nitrogen and oxygen atoms in total. The SMILES string of the molecule is COC(=O)[C@H]1CCCN(C(=O)Nc2cc(-n3cnnn3)ccc2F)C1. The summed E-state index contributed by atoms with van der Waals surface area (Å²) in [4.78, 5) is 25.6. The van der Waals surface area contributed by atoms with Gasteiger partial charge in [0, 0.05) is 13.1 Å². The van der Waals surface area contributed by atoms with Crippen molar-refractivity contribution in [1.82, 2.24) is 25.1 Å². The van der Waals surface area contributed by atoms with Crippen LogP contribution in [0.15, 0.2) is 24.5 Å². The minimum Gasteiger partial charge on any atom is -0.469 e. The highest BCUT2D eigenvalue weighted by Gasteiger charge is 2.29. The van der Waals surface area contributed by atoms with Crippen LogP contribution in [0.4, 0.5) is 14.9 Å². The summed E-state index contributed by atoms with van der Waals surface area (Å²) in [6, 6.07) is 3.68. The molecule has 0 unspecified atom stereocenters. The number of amides is 2. The summed E-state index contributed by atoms with van der Waals surface area (Å²) >= 11 is 0. The number of esters is 1. The van der Waals surface area contributed by atoms with E-state index < -0.39 is 11.8 Å². The summed E-state index contributed by atoms with van der Waals surface area (Å²) in [5.74, 6) is -1.28. The lowest BCUT2D eigenvalue weighted by atomic mass is 9.98. The van der Waals surface area contributed by atoms with Gasteiger partial charge in [-0.3, -0.25) is 4.79 Å². The second-order valence-electron chi connectivity index (χ2n) is 5.66. The molecule has 1 saturated heterocycles. The fourth-order valence-electron chi connectivity index (χ4n) is 2.75. The van der Waals surface area contributed by atoms with E-state index >= 15 is 0 Å². The molecule has 3 rings (SSSR count). The van der Waals surface area contributed by atoms with E-state index in [4.69, 9.17) is 4.74 Å². The second-order valence-corrected chi connectivity index (χ2v) is 5.66. The zero-order valence-corrected chi connectivity index (χ0v) is 13.6. The lowest BCUT2D eigenvalue weighted by molar-refractivity contribution is -0.146. The minimum atomic E-state index is -0.577. The molecule has 0 radical (unpaired) electrons. The van der Waals surface area contributed by atoms with Crippen LogP contribution < -0.4 is 5.32 Å². The Morgan fingerprint density at radius 3 is 2.96 bits per heavy atom. The molecule has 1 aromatic heterocycles. The number of aromatic nitrogens is 4. The van der Waals surface area contributed by atoms with Gasteiger partial charge in [0.05, 0.1) is 24.4 Å². The van der Waals surface area contributed by atoms with Gasteiger partial charge in [-0.1, -0.05) is 0 Å². The molecule has 10 heteroatoms. The molecule has 1 N–H and O–H groups in total. The van der Waals surface area contributed by atoms with Crippen LogP contribution in [0.25, 0.3) is 5.69 Å². The lowest BCUT2D eigenvalue weighted by Gasteiger charge is -2.31. The fourth-order valence-corrected chi connectivity index (χ4v) is 2.75. The van der Waals surface area contributed by atoms with E-state index in [9.17, 15) is 14.0 Å². The van der Waals surface area contributed by atoms with Gasteiger partial charge >= 0.3 is 12.0 Å². The van der Waals surface area contributed by atoms with Crippen LogP contribution in [0.3, 0.4) is 0 Å². The molecule has 0 spiro atoms. The number of hydrogen-bond acceptors (Lipinski definition) is 6. The Morgan fingerprint density at radius 1 is 1.40 bits per heavy atom. The number of piperidine rings is 1. The number of ether oxygens (including phenoxy) is 1. The maximum Gasteiger partial charge on any atom is 0.321 e. The molecule has 2 heterocycles. The number of nitrogens with zero attached hydrogens (tertiary/aromatic N) is 5. The number of urea groups is 1. The zero-order valence-electron chi connectivity index (χ0n) is 13.6. The van der Waals surface area contributed by atoms with Gasteiger partial charge < -0.3 is 15.0 Å². The molecule has 1 aliphatic rings. The van der Waals surface area contributed by atoms with Gasteiger partial charge in [-0.05, 0) is 41.5 Å². The third-order valence-corrected chi connectivity index (χ3v) is 4.05. The highest BCUT2D eigenvalue weighted by molar-refractivity contribution is 5.90. The summed E-state index contributed by atoms with van der Waals surface area (Å²) in [6.45, 7) is 0.737. The van der Waals surface area contributed by atoms with Crippen LogP contribution in [0.5, 0.6) is 0 Å². The van der Waals surface area contributed by atoms with Crippen LogP contribution in [0, 0.1) is 11.7 Å². The number of likely N-dealkylation sites (tertiary alicyclic amines) is 1. The average Bonchev–Trinajstić information content (AvgIpc) is 3.17. The second kappa shape index (κ2) is 7.24. The molecule has 0 aliphatic carbocycles. The number of anilines is 1. The summed E-state index contributed by atoms with van der Waals surface area (Å²) in [5.41, 5.74) is 0.519. The van der Waals surface area contributed by atoms with Crippen LogP contribution in [0.2, 0.25) is 0 Å². The Bertz CT molecular complexity index is 767. The first-order valence-corrected chi connectivity index (χ1v) is 7.75. The predicted molar refractivity (Wildman–Crippen MR) is 84.4 cm³/mol. The molecule has 132 valence electrons. The molecular weight excluding hydrogens is 331 g/mol. The first-order valence-electron chi connectivity index (χ1n) is 7.75. The average molecular weight is 348 g/mol. The quantitative estimate of drug-likeness (QED) is 0.837. The molecular formula is C15H17FN6O3. The summed E-state index contributed by atoms with van der Waals surface area (Å²) in [7, 11) is 1.32. The maximum atomic E-state index is 14.0. The summed E-state index contributed by atoms with van der Waals surface area (Å²) < 4.78 is 20.1. The molecule has 1 fully saturated rings. The van der Waals surface area contributed by atoms with Crippen LogP contribution >= 0.6 is 0 Å². The highest BCUT2D eigenvalue weighted by Crippen LogP contribution is 2.21. The molecule has 2 amide bonds. The van der Waals surface area contributed by atoms with Crippen molar-refractivity contribution in [2.24, 2.45) is 5.92 Å². The number of rotatable bonds is 3. The van der Waals surface area contributed by atoms with Crippen molar-refractivity contribution < 1.29 is 18.7 Å². The van der Waals surface area contributed by atoms with E-state index in [1.165, 1.54) is 41.2 Å². The van der Waals surface area contributed by atoms with E-state index in [2.05, 4.69) is 20.8 Å². The molecule has 0 bridgehead atoms. The first kappa shape index (κ1) is 16.8. The number of benzene rings is 1. The molecule has 2 aromatic rings. The largest absolute Gasteiger partial charge is 0.469 e. The molecule has 25 heavy (non-hydrogen) atoms. The number of carbonyl (C=O) groups excluding carboxylic acids is 2. The number of hydrogen-bond donors (Lipinski definition) is 1. The van der Waals surface area contributed by atoms with Gasteiger partial charge in [0.15, 0.2) is 0 Å². The van der Waals surface area contributed by atoms with Crippen molar-refractivity contribution >= 4 is 17.7 Å². The number of methoxy groups -OCH3 is 1. The minimum absolute atomic E-state index is 0.0122. The van der Waals surface area contributed by atoms with Gasteiger partial charge in [0.1, 0.15) is 12.1 Å². The zero-order chi connectivity index (χ0) is 17.8. The molecule has 1 atom stereocenters. The molecule has 0 saturated carbocycles. The Kier molecular flexibility index (Phi) is 4.87. The Morgan fingerprint density at radius 2 is 2.24 bits per heavy atom. The van der Waals surface area contributed by atoms with Gasteiger partial charge in [0.25, 0.3) is 0 Å². The van der Waals surface area contributed by atoms with E-state index in [0.29, 0.717) is 25.1 Å². The lowest BCUT2D eigenvalue weighted by Crippen LogP contribution is -2.44. The van der Waals surface area contributed by atoms with Crippen molar-refractivity contribution in [1.29, 1.82) is 0 Å². The van der Waals surface area contributed by atoms with Gasteiger partial charge in [0.2, 0.25) is 0 Å². The molecule has 1 aliphatic heterocycles. The van der Waals surface area contributed by atoms with Gasteiger partial charge in [-0.2, -0.15) is 0 Å². The monoisotopic (exact) mass is 348 g/mol. The Hall–Kier alpha value is -3.04. The number of carbonyl (C=O) groups is 2. The van der Waals surface area contributed by atoms with Crippen molar-refractivity contribution in [3.63, 3.8) is 0 Å². The van der Waals surface area contributed by atoms with Crippen molar-refractivity contribution in [2.45, 2.75) is 12.8 Å². The normalized spacial score (nSPS) is 17.2. The van der Waals surface area contributed by atoms with Crippen molar-refractivity contribution in [2.75, 3.05) is 25.5 Å². The Balaban J connectivity index is 1.72. The smallest absolute Gasteiger partial charge is 0.321 e. The standard InChI is InChI=1S/C15H17FN6O3/c1-25-14(23)10-3-2-6-21(8-10)15(24)18-13-7-11(4-5-12(13)16)22-9-17-19-20-22/h4-5,7,9-10H,2-3,6,8H2,1H3,(H,18,24)/t10-/m0/s1. The number of nitrogens with one attached hydrogen (secondary N) is 1. The van der Waals surface area contributed by atoms with E-state index in [-0.39, 0.29) is 24.1 Å². The van der Waals surface area contributed by atoms with Crippen molar-refractivity contribution in [3.8, 4) is 5.69 Å². The number of tetrazole rings is 1. The van der Waals surface area contributed by atoms with Crippen LogP contribution in [-0.2, 0) is 9.53 Å². The molecule has 1 aromatic carbocycles. The van der Waals surface area contributed by atoms with Crippen LogP contribution in [-0.4, -0.2) is 57.3 Å². The van der Waals surface area contributed by atoms with E-state index in [0.717, 1.165) is 0 Å². The van der Waals surface area contributed by atoms with Gasteiger partial charge in [-0.15, -0.1) is 5.10 Å². The van der Waals surface area contributed by atoms with Crippen molar-refractivity contribution in [3.05, 3.63) is 30.3 Å². The summed E-state index contributed by atoms with van der Waals surface area (Å²) in [5, 5.41) is 13.3.